The first-order valence-corrected chi connectivity index (χ1v) is 12.5. The van der Waals surface area contributed by atoms with Crippen LogP contribution in [0, 0.1) is 5.82 Å². The maximum absolute atomic E-state index is 13.7. The van der Waals surface area contributed by atoms with Crippen molar-refractivity contribution < 1.29 is 14.3 Å². The van der Waals surface area contributed by atoms with E-state index in [1.807, 2.05) is 36.7 Å². The molecule has 0 bridgehead atoms. The van der Waals surface area contributed by atoms with Gasteiger partial charge >= 0.3 is 0 Å². The molecule has 0 saturated heterocycles. The fourth-order valence-electron chi connectivity index (χ4n) is 5.60. The van der Waals surface area contributed by atoms with Crippen LogP contribution in [0.4, 0.5) is 15.9 Å². The minimum atomic E-state index is -0.345. The molecule has 37 heavy (non-hydrogen) atoms. The quantitative estimate of drug-likeness (QED) is 0.367. The van der Waals surface area contributed by atoms with Crippen LogP contribution in [0.5, 0.6) is 0 Å². The van der Waals surface area contributed by atoms with Crippen LogP contribution < -0.4 is 10.6 Å². The third-order valence-corrected chi connectivity index (χ3v) is 7.30. The van der Waals surface area contributed by atoms with E-state index in [1.165, 1.54) is 17.7 Å². The predicted octanol–water partition coefficient (Wildman–Crippen LogP) is 4.21. The van der Waals surface area contributed by atoms with Crippen LogP contribution >= 0.6 is 0 Å². The minimum Gasteiger partial charge on any atom is -0.393 e. The summed E-state index contributed by atoms with van der Waals surface area (Å²) in [5.41, 5.74) is 6.46. The van der Waals surface area contributed by atoms with E-state index in [1.54, 1.807) is 12.4 Å². The Labute approximate surface area is 214 Å². The second-order valence-corrected chi connectivity index (χ2v) is 10.2. The number of hydrogen-bond donors (Lipinski definition) is 3. The van der Waals surface area contributed by atoms with Gasteiger partial charge in [0, 0.05) is 30.9 Å². The number of aromatic nitrogens is 3. The van der Waals surface area contributed by atoms with E-state index < -0.39 is 0 Å². The molecule has 190 valence electrons. The largest absolute Gasteiger partial charge is 0.393 e. The number of pyridine rings is 2. The molecule has 0 spiro atoms. The Bertz CT molecular complexity index is 1510. The van der Waals surface area contributed by atoms with E-state index in [0.29, 0.717) is 41.7 Å². The zero-order chi connectivity index (χ0) is 25.7. The molecule has 1 saturated carbocycles. The van der Waals surface area contributed by atoms with Crippen molar-refractivity contribution in [1.82, 2.24) is 24.6 Å². The molecule has 2 atom stereocenters. The molecule has 0 radical (unpaired) electrons. The molecule has 1 aliphatic heterocycles. The number of halogens is 1. The second-order valence-electron chi connectivity index (χ2n) is 10.2. The zero-order valence-corrected chi connectivity index (χ0v) is 20.8. The molecule has 4 aromatic rings. The number of imidazole rings is 1. The van der Waals surface area contributed by atoms with Gasteiger partial charge in [-0.2, -0.15) is 0 Å². The molecule has 4 heterocycles. The molecule has 1 amide bonds. The van der Waals surface area contributed by atoms with Crippen molar-refractivity contribution in [2.45, 2.75) is 44.4 Å². The van der Waals surface area contributed by atoms with Gasteiger partial charge in [0.05, 0.1) is 34.9 Å². The summed E-state index contributed by atoms with van der Waals surface area (Å²) in [7, 11) is 4.03. The van der Waals surface area contributed by atoms with Crippen molar-refractivity contribution in [3.8, 4) is 11.3 Å². The molecule has 2 aliphatic rings. The summed E-state index contributed by atoms with van der Waals surface area (Å²) in [6.07, 6.45) is 5.65. The van der Waals surface area contributed by atoms with Gasteiger partial charge in [-0.3, -0.25) is 9.20 Å². The number of carbonyl (C=O) groups is 1. The van der Waals surface area contributed by atoms with Gasteiger partial charge in [0.15, 0.2) is 0 Å². The molecule has 1 aliphatic carbocycles. The van der Waals surface area contributed by atoms with Crippen molar-refractivity contribution >= 4 is 23.1 Å². The monoisotopic (exact) mass is 500 g/mol. The standard InChI is InChI=1S/C28H29FN6O2/c1-34(2)15-23-19(16-3-4-18(36)11-16)6-8-25(33-23)32-22-7-5-20(21-13-31-28(37)27(21)22)24-14-30-26-12-17(29)9-10-35(24)26/h5-10,12,14,16,18,36H,3-4,11,13,15H2,1-2H3,(H,31,37)(H,32,33)/t16-,18+/m1/s1. The molecule has 1 aromatic carbocycles. The third kappa shape index (κ3) is 4.34. The average Bonchev–Trinajstić information content (AvgIpc) is 3.58. The molecule has 6 rings (SSSR count). The third-order valence-electron chi connectivity index (χ3n) is 7.30. The fraction of sp³-hybridized carbons (Fsp3) is 0.321. The van der Waals surface area contributed by atoms with E-state index in [9.17, 15) is 14.3 Å². The first-order valence-electron chi connectivity index (χ1n) is 12.5. The highest BCUT2D eigenvalue weighted by Crippen LogP contribution is 2.38. The Morgan fingerprint density at radius 1 is 1.22 bits per heavy atom. The lowest BCUT2D eigenvalue weighted by Gasteiger charge is -2.19. The number of aliphatic hydroxyl groups is 1. The van der Waals surface area contributed by atoms with Crippen LogP contribution in [0.15, 0.2) is 48.8 Å². The Balaban J connectivity index is 1.37. The second kappa shape index (κ2) is 9.24. The van der Waals surface area contributed by atoms with Gasteiger partial charge in [-0.15, -0.1) is 0 Å². The summed E-state index contributed by atoms with van der Waals surface area (Å²) >= 11 is 0. The van der Waals surface area contributed by atoms with Crippen LogP contribution in [0.1, 0.15) is 52.4 Å². The molecule has 1 fully saturated rings. The molecular formula is C28H29FN6O2. The molecular weight excluding hydrogens is 471 g/mol. The number of nitrogens with zero attached hydrogens (tertiary/aromatic N) is 4. The van der Waals surface area contributed by atoms with Crippen molar-refractivity contribution in [2.24, 2.45) is 0 Å². The Morgan fingerprint density at radius 2 is 2.08 bits per heavy atom. The maximum Gasteiger partial charge on any atom is 0.254 e. The summed E-state index contributed by atoms with van der Waals surface area (Å²) in [5, 5.41) is 16.4. The fourth-order valence-corrected chi connectivity index (χ4v) is 5.60. The van der Waals surface area contributed by atoms with Crippen LogP contribution in [0.25, 0.3) is 16.9 Å². The van der Waals surface area contributed by atoms with Crippen molar-refractivity contribution in [3.63, 3.8) is 0 Å². The SMILES string of the molecule is CN(C)Cc1nc(Nc2ccc(-c3cnc4cc(F)ccn34)c3c2C(=O)NC3)ccc1[C@@H]1CC[C@H](O)C1. The molecule has 3 N–H and O–H groups in total. The lowest BCUT2D eigenvalue weighted by molar-refractivity contribution is 0.0966. The summed E-state index contributed by atoms with van der Waals surface area (Å²) in [6, 6.07) is 10.7. The number of carbonyl (C=O) groups excluding carboxylic acids is 1. The van der Waals surface area contributed by atoms with E-state index in [2.05, 4.69) is 26.6 Å². The number of amides is 1. The molecule has 3 aromatic heterocycles. The molecule has 0 unspecified atom stereocenters. The Kier molecular flexibility index (Phi) is 5.89. The smallest absolute Gasteiger partial charge is 0.254 e. The lowest BCUT2D eigenvalue weighted by Crippen LogP contribution is -2.16. The first kappa shape index (κ1) is 23.6. The van der Waals surface area contributed by atoms with Gasteiger partial charge in [-0.05, 0) is 68.6 Å². The van der Waals surface area contributed by atoms with Crippen LogP contribution in [0.2, 0.25) is 0 Å². The summed E-state index contributed by atoms with van der Waals surface area (Å²) in [4.78, 5) is 24.3. The first-order chi connectivity index (χ1) is 17.9. The maximum atomic E-state index is 13.7. The Morgan fingerprint density at radius 3 is 2.86 bits per heavy atom. The van der Waals surface area contributed by atoms with E-state index >= 15 is 0 Å². The molecule has 9 heteroatoms. The number of benzene rings is 1. The predicted molar refractivity (Wildman–Crippen MR) is 139 cm³/mol. The van der Waals surface area contributed by atoms with Crippen molar-refractivity contribution in [1.29, 1.82) is 0 Å². The highest BCUT2D eigenvalue weighted by atomic mass is 19.1. The van der Waals surface area contributed by atoms with Gasteiger partial charge < -0.3 is 20.6 Å². The normalized spacial score (nSPS) is 19.0. The average molecular weight is 501 g/mol. The summed E-state index contributed by atoms with van der Waals surface area (Å²) in [5.74, 6) is 0.477. The topological polar surface area (TPSA) is 94.8 Å². The number of fused-ring (bicyclic) bond motifs is 2. The number of aliphatic hydroxyl groups excluding tert-OH is 1. The number of nitrogens with one attached hydrogen (secondary N) is 2. The van der Waals surface area contributed by atoms with Gasteiger partial charge in [0.1, 0.15) is 17.3 Å². The lowest BCUT2D eigenvalue weighted by atomic mass is 9.95. The highest BCUT2D eigenvalue weighted by molar-refractivity contribution is 6.06. The van der Waals surface area contributed by atoms with E-state index in [4.69, 9.17) is 4.98 Å². The van der Waals surface area contributed by atoms with E-state index in [-0.39, 0.29) is 17.8 Å². The van der Waals surface area contributed by atoms with Crippen molar-refractivity contribution in [3.05, 3.63) is 77.0 Å². The number of hydrogen-bond acceptors (Lipinski definition) is 6. The van der Waals surface area contributed by atoms with Crippen molar-refractivity contribution in [2.75, 3.05) is 19.4 Å². The van der Waals surface area contributed by atoms with Crippen LogP contribution in [0.3, 0.4) is 0 Å². The Hall–Kier alpha value is -3.82. The van der Waals surface area contributed by atoms with Gasteiger partial charge in [0.25, 0.3) is 5.91 Å². The number of anilines is 2. The van der Waals surface area contributed by atoms with Crippen LogP contribution in [-0.4, -0.2) is 50.5 Å². The van der Waals surface area contributed by atoms with Gasteiger partial charge in [-0.1, -0.05) is 12.1 Å². The van der Waals surface area contributed by atoms with Crippen LogP contribution in [-0.2, 0) is 13.1 Å². The minimum absolute atomic E-state index is 0.149. The van der Waals surface area contributed by atoms with E-state index in [0.717, 1.165) is 41.8 Å². The highest BCUT2D eigenvalue weighted by Gasteiger charge is 2.29. The zero-order valence-electron chi connectivity index (χ0n) is 20.8. The number of rotatable bonds is 6. The molecule has 8 nitrogen and oxygen atoms in total. The van der Waals surface area contributed by atoms with Gasteiger partial charge in [-0.25, -0.2) is 14.4 Å². The summed E-state index contributed by atoms with van der Waals surface area (Å²) in [6.45, 7) is 1.08. The summed E-state index contributed by atoms with van der Waals surface area (Å²) < 4.78 is 15.5. The van der Waals surface area contributed by atoms with Gasteiger partial charge in [0.2, 0.25) is 0 Å².